The number of fused-ring (bicyclic) bond motifs is 1. The lowest BCUT2D eigenvalue weighted by molar-refractivity contribution is 0.458. The van der Waals surface area contributed by atoms with Gasteiger partial charge in [-0.25, -0.2) is 0 Å². The van der Waals surface area contributed by atoms with E-state index in [0.717, 1.165) is 25.6 Å². The zero-order valence-electron chi connectivity index (χ0n) is 13.8. The van der Waals surface area contributed by atoms with Crippen LogP contribution in [0, 0.1) is 5.92 Å². The van der Waals surface area contributed by atoms with Crippen molar-refractivity contribution in [1.82, 2.24) is 10.6 Å². The monoisotopic (exact) mass is 288 g/mol. The zero-order chi connectivity index (χ0) is 14.9. The van der Waals surface area contributed by atoms with E-state index in [-0.39, 0.29) is 0 Å². The van der Waals surface area contributed by atoms with E-state index in [9.17, 15) is 0 Å². The Morgan fingerprint density at radius 2 is 1.95 bits per heavy atom. The normalized spacial score (nSPS) is 18.0. The van der Waals surface area contributed by atoms with Crippen molar-refractivity contribution in [2.24, 2.45) is 5.92 Å². The number of unbranched alkanes of at least 4 members (excludes halogenated alkanes) is 3. The first kappa shape index (κ1) is 16.5. The summed E-state index contributed by atoms with van der Waals surface area (Å²) in [4.78, 5) is 0. The van der Waals surface area contributed by atoms with Crippen LogP contribution in [-0.4, -0.2) is 19.6 Å². The molecule has 2 N–H and O–H groups in total. The molecule has 1 atom stereocenters. The third-order valence-corrected chi connectivity index (χ3v) is 4.45. The average molecular weight is 288 g/mol. The van der Waals surface area contributed by atoms with E-state index in [2.05, 4.69) is 48.7 Å². The largest absolute Gasteiger partial charge is 0.315 e. The van der Waals surface area contributed by atoms with Crippen LogP contribution in [0.5, 0.6) is 0 Å². The molecule has 0 saturated heterocycles. The van der Waals surface area contributed by atoms with Crippen molar-refractivity contribution in [3.8, 4) is 0 Å². The predicted molar refractivity (Wildman–Crippen MR) is 91.7 cm³/mol. The van der Waals surface area contributed by atoms with Gasteiger partial charge in [0, 0.05) is 12.6 Å². The smallest absolute Gasteiger partial charge is 0.0449 e. The molecule has 1 aromatic rings. The summed E-state index contributed by atoms with van der Waals surface area (Å²) in [5.41, 5.74) is 3.02. The molecule has 1 heterocycles. The summed E-state index contributed by atoms with van der Waals surface area (Å²) in [6.45, 7) is 7.96. The van der Waals surface area contributed by atoms with Gasteiger partial charge >= 0.3 is 0 Å². The van der Waals surface area contributed by atoms with Gasteiger partial charge in [-0.3, -0.25) is 0 Å². The third-order valence-electron chi connectivity index (χ3n) is 4.45. The highest BCUT2D eigenvalue weighted by Crippen LogP contribution is 2.21. The van der Waals surface area contributed by atoms with Gasteiger partial charge in [-0.1, -0.05) is 63.8 Å². The lowest BCUT2D eigenvalue weighted by Gasteiger charge is -2.27. The maximum absolute atomic E-state index is 3.64. The molecular formula is C19H32N2. The van der Waals surface area contributed by atoms with Crippen LogP contribution in [0.1, 0.15) is 63.1 Å². The van der Waals surface area contributed by atoms with Gasteiger partial charge in [-0.2, -0.15) is 0 Å². The summed E-state index contributed by atoms with van der Waals surface area (Å²) >= 11 is 0. The van der Waals surface area contributed by atoms with Gasteiger partial charge in [0.25, 0.3) is 0 Å². The Balaban J connectivity index is 1.58. The molecule has 0 amide bonds. The second-order valence-corrected chi connectivity index (χ2v) is 6.76. The van der Waals surface area contributed by atoms with E-state index < -0.39 is 0 Å². The SMILES string of the molecule is CC(C)CCCCCCNCC1NCCc2ccccc21. The van der Waals surface area contributed by atoms with Gasteiger partial charge < -0.3 is 10.6 Å². The Hall–Kier alpha value is -0.860. The molecule has 2 nitrogen and oxygen atoms in total. The van der Waals surface area contributed by atoms with Crippen molar-refractivity contribution < 1.29 is 0 Å². The summed E-state index contributed by atoms with van der Waals surface area (Å²) in [5.74, 6) is 0.862. The fourth-order valence-corrected chi connectivity index (χ4v) is 3.18. The van der Waals surface area contributed by atoms with Crippen molar-refractivity contribution in [1.29, 1.82) is 0 Å². The van der Waals surface area contributed by atoms with E-state index in [0.29, 0.717) is 6.04 Å². The van der Waals surface area contributed by atoms with Crippen LogP contribution >= 0.6 is 0 Å². The van der Waals surface area contributed by atoms with Crippen molar-refractivity contribution in [3.63, 3.8) is 0 Å². The van der Waals surface area contributed by atoms with Crippen LogP contribution in [0.3, 0.4) is 0 Å². The van der Waals surface area contributed by atoms with Gasteiger partial charge in [-0.15, -0.1) is 0 Å². The molecule has 0 bridgehead atoms. The van der Waals surface area contributed by atoms with Crippen molar-refractivity contribution in [3.05, 3.63) is 35.4 Å². The first-order valence-corrected chi connectivity index (χ1v) is 8.79. The highest BCUT2D eigenvalue weighted by atomic mass is 15.0. The summed E-state index contributed by atoms with van der Waals surface area (Å²) < 4.78 is 0. The lowest BCUT2D eigenvalue weighted by Crippen LogP contribution is -2.37. The lowest BCUT2D eigenvalue weighted by atomic mass is 9.94. The van der Waals surface area contributed by atoms with Crippen LogP contribution in [-0.2, 0) is 6.42 Å². The molecule has 1 aliphatic rings. The van der Waals surface area contributed by atoms with Gasteiger partial charge in [0.1, 0.15) is 0 Å². The highest BCUT2D eigenvalue weighted by Gasteiger charge is 2.18. The molecule has 0 saturated carbocycles. The molecule has 0 fully saturated rings. The molecule has 2 rings (SSSR count). The second kappa shape index (κ2) is 9.22. The molecular weight excluding hydrogens is 256 g/mol. The van der Waals surface area contributed by atoms with Crippen LogP contribution in [0.4, 0.5) is 0 Å². The first-order chi connectivity index (χ1) is 10.3. The zero-order valence-corrected chi connectivity index (χ0v) is 13.8. The summed E-state index contributed by atoms with van der Waals surface area (Å²) in [5, 5.41) is 7.27. The molecule has 0 radical (unpaired) electrons. The number of hydrogen-bond donors (Lipinski definition) is 2. The molecule has 0 spiro atoms. The average Bonchev–Trinajstić information content (AvgIpc) is 2.50. The minimum Gasteiger partial charge on any atom is -0.315 e. The van der Waals surface area contributed by atoms with Crippen LogP contribution in [0.2, 0.25) is 0 Å². The summed E-state index contributed by atoms with van der Waals surface area (Å²) in [6.07, 6.45) is 8.03. The molecule has 0 aromatic heterocycles. The molecule has 1 unspecified atom stereocenters. The number of hydrogen-bond acceptors (Lipinski definition) is 2. The molecule has 2 heteroatoms. The quantitative estimate of drug-likeness (QED) is 0.669. The Morgan fingerprint density at radius 3 is 2.81 bits per heavy atom. The maximum Gasteiger partial charge on any atom is 0.0449 e. The number of rotatable bonds is 9. The Bertz CT molecular complexity index is 400. The van der Waals surface area contributed by atoms with Crippen LogP contribution in [0.15, 0.2) is 24.3 Å². The van der Waals surface area contributed by atoms with Gasteiger partial charge in [0.15, 0.2) is 0 Å². The second-order valence-electron chi connectivity index (χ2n) is 6.76. The van der Waals surface area contributed by atoms with Crippen molar-refractivity contribution >= 4 is 0 Å². The number of benzene rings is 1. The number of nitrogens with one attached hydrogen (secondary N) is 2. The molecule has 118 valence electrons. The third kappa shape index (κ3) is 5.80. The molecule has 1 aliphatic heterocycles. The minimum atomic E-state index is 0.496. The van der Waals surface area contributed by atoms with Crippen molar-refractivity contribution in [2.45, 2.75) is 58.4 Å². The molecule has 21 heavy (non-hydrogen) atoms. The highest BCUT2D eigenvalue weighted by molar-refractivity contribution is 5.32. The maximum atomic E-state index is 3.64. The Kier molecular flexibility index (Phi) is 7.25. The predicted octanol–water partition coefficient (Wildman–Crippen LogP) is 4.07. The Morgan fingerprint density at radius 1 is 1.14 bits per heavy atom. The van der Waals surface area contributed by atoms with E-state index in [1.54, 1.807) is 0 Å². The van der Waals surface area contributed by atoms with Gasteiger partial charge in [-0.05, 0) is 43.0 Å². The van der Waals surface area contributed by atoms with E-state index in [1.165, 1.54) is 49.7 Å². The standard InChI is InChI=1S/C19H32N2/c1-16(2)9-5-3-4-8-13-20-15-19-18-11-7-6-10-17(18)12-14-21-19/h6-7,10-11,16,19-21H,3-5,8-9,12-15H2,1-2H3. The minimum absolute atomic E-state index is 0.496. The topological polar surface area (TPSA) is 24.1 Å². The van der Waals surface area contributed by atoms with E-state index in [1.807, 2.05) is 0 Å². The van der Waals surface area contributed by atoms with E-state index >= 15 is 0 Å². The Labute approximate surface area is 130 Å². The van der Waals surface area contributed by atoms with Gasteiger partial charge in [0.2, 0.25) is 0 Å². The summed E-state index contributed by atoms with van der Waals surface area (Å²) in [7, 11) is 0. The van der Waals surface area contributed by atoms with Gasteiger partial charge in [0.05, 0.1) is 0 Å². The molecule has 0 aliphatic carbocycles. The van der Waals surface area contributed by atoms with Crippen molar-refractivity contribution in [2.75, 3.05) is 19.6 Å². The fourth-order valence-electron chi connectivity index (χ4n) is 3.18. The fraction of sp³-hybridized carbons (Fsp3) is 0.684. The first-order valence-electron chi connectivity index (χ1n) is 8.79. The summed E-state index contributed by atoms with van der Waals surface area (Å²) in [6, 6.07) is 9.37. The van der Waals surface area contributed by atoms with Crippen LogP contribution < -0.4 is 10.6 Å². The van der Waals surface area contributed by atoms with E-state index in [4.69, 9.17) is 0 Å². The van der Waals surface area contributed by atoms with Crippen LogP contribution in [0.25, 0.3) is 0 Å². The molecule has 1 aromatic carbocycles.